The zero-order chi connectivity index (χ0) is 22.1. The number of amides is 1. The van der Waals surface area contributed by atoms with E-state index in [-0.39, 0.29) is 12.1 Å². The molecule has 0 bridgehead atoms. The van der Waals surface area contributed by atoms with Gasteiger partial charge in [0.25, 0.3) is 5.91 Å². The summed E-state index contributed by atoms with van der Waals surface area (Å²) in [7, 11) is 0. The zero-order valence-electron chi connectivity index (χ0n) is 17.4. The number of carbonyl (C=O) groups is 2. The minimum Gasteiger partial charge on any atom is -0.503 e. The van der Waals surface area contributed by atoms with E-state index in [1.807, 2.05) is 26.0 Å². The number of aryl methyl sites for hydroxylation is 2. The maximum atomic E-state index is 13.5. The highest BCUT2D eigenvalue weighted by atomic mass is 32.1. The Hall–Kier alpha value is -3.39. The fraction of sp³-hybridized carbons (Fsp3) is 0.261. The summed E-state index contributed by atoms with van der Waals surface area (Å²) in [5.41, 5.74) is 1.28. The minimum absolute atomic E-state index is 0.0388. The molecule has 1 unspecified atom stereocenters. The molecule has 0 saturated heterocycles. The molecule has 3 aromatic rings. The number of ketones is 1. The van der Waals surface area contributed by atoms with Gasteiger partial charge in [0.05, 0.1) is 46.6 Å². The normalized spacial score (nSPS) is 16.3. The average Bonchev–Trinajstić information content (AvgIpc) is 3.43. The SMILES string of the molecule is CCOc1cccc(C2C(C(=O)c3sc(C)nc3C)=C(O)C(=O)N2Cc2ccco2)c1. The minimum atomic E-state index is -0.785. The second kappa shape index (κ2) is 8.39. The van der Waals surface area contributed by atoms with Crippen molar-refractivity contribution in [1.82, 2.24) is 9.88 Å². The van der Waals surface area contributed by atoms with Gasteiger partial charge in [-0.25, -0.2) is 4.98 Å². The molecule has 1 aliphatic heterocycles. The van der Waals surface area contributed by atoms with Crippen LogP contribution in [-0.2, 0) is 11.3 Å². The Morgan fingerprint density at radius 3 is 2.74 bits per heavy atom. The highest BCUT2D eigenvalue weighted by Crippen LogP contribution is 2.41. The Balaban J connectivity index is 1.82. The number of hydrogen-bond donors (Lipinski definition) is 1. The summed E-state index contributed by atoms with van der Waals surface area (Å²) in [6.07, 6.45) is 1.52. The van der Waals surface area contributed by atoms with E-state index < -0.39 is 23.5 Å². The molecule has 0 spiro atoms. The highest BCUT2D eigenvalue weighted by Gasteiger charge is 2.44. The van der Waals surface area contributed by atoms with Gasteiger partial charge >= 0.3 is 0 Å². The molecule has 1 N–H and O–H groups in total. The van der Waals surface area contributed by atoms with Gasteiger partial charge in [0.15, 0.2) is 5.76 Å². The molecule has 31 heavy (non-hydrogen) atoms. The molecular weight excluding hydrogens is 416 g/mol. The van der Waals surface area contributed by atoms with Gasteiger partial charge in [-0.05, 0) is 50.6 Å². The number of rotatable bonds is 7. The van der Waals surface area contributed by atoms with E-state index in [4.69, 9.17) is 9.15 Å². The van der Waals surface area contributed by atoms with Crippen LogP contribution in [0.3, 0.4) is 0 Å². The van der Waals surface area contributed by atoms with Crippen molar-refractivity contribution in [2.24, 2.45) is 0 Å². The van der Waals surface area contributed by atoms with Crippen LogP contribution in [0.1, 0.15) is 44.7 Å². The third-order valence-corrected chi connectivity index (χ3v) is 6.12. The number of benzene rings is 1. The lowest BCUT2D eigenvalue weighted by Crippen LogP contribution is -2.30. The first-order valence-electron chi connectivity index (χ1n) is 9.88. The molecule has 1 aliphatic rings. The highest BCUT2D eigenvalue weighted by molar-refractivity contribution is 7.14. The molecule has 0 saturated carbocycles. The van der Waals surface area contributed by atoms with Crippen molar-refractivity contribution >= 4 is 23.0 Å². The molecule has 0 radical (unpaired) electrons. The van der Waals surface area contributed by atoms with Crippen LogP contribution in [0.25, 0.3) is 0 Å². The standard InChI is InChI=1S/C23H22N2O5S/c1-4-29-16-8-5-7-15(11-16)19-18(20(26)22-13(2)24-14(3)31-22)21(27)23(28)25(19)12-17-9-6-10-30-17/h5-11,19,27H,4,12H2,1-3H3. The van der Waals surface area contributed by atoms with Crippen LogP contribution < -0.4 is 4.74 Å². The van der Waals surface area contributed by atoms with Gasteiger partial charge in [0, 0.05) is 0 Å². The third kappa shape index (κ3) is 3.86. The molecular formula is C23H22N2O5S. The summed E-state index contributed by atoms with van der Waals surface area (Å²) < 4.78 is 11.0. The van der Waals surface area contributed by atoms with Crippen LogP contribution in [0.2, 0.25) is 0 Å². The van der Waals surface area contributed by atoms with E-state index in [9.17, 15) is 14.7 Å². The van der Waals surface area contributed by atoms with Crippen LogP contribution >= 0.6 is 11.3 Å². The number of aliphatic hydroxyl groups excluding tert-OH is 1. The quantitative estimate of drug-likeness (QED) is 0.545. The van der Waals surface area contributed by atoms with E-state index in [0.29, 0.717) is 34.3 Å². The summed E-state index contributed by atoms with van der Waals surface area (Å²) in [5.74, 6) is -0.402. The van der Waals surface area contributed by atoms with Crippen molar-refractivity contribution in [2.75, 3.05) is 6.61 Å². The van der Waals surface area contributed by atoms with Gasteiger partial charge in [-0.2, -0.15) is 0 Å². The molecule has 1 atom stereocenters. The molecule has 160 valence electrons. The monoisotopic (exact) mass is 438 g/mol. The number of nitrogens with zero attached hydrogens (tertiary/aromatic N) is 2. The predicted molar refractivity (Wildman–Crippen MR) is 115 cm³/mol. The van der Waals surface area contributed by atoms with Gasteiger partial charge < -0.3 is 19.2 Å². The lowest BCUT2D eigenvalue weighted by atomic mass is 9.95. The van der Waals surface area contributed by atoms with Crippen molar-refractivity contribution in [1.29, 1.82) is 0 Å². The number of furan rings is 1. The first kappa shape index (κ1) is 20.9. The second-order valence-electron chi connectivity index (χ2n) is 7.16. The van der Waals surface area contributed by atoms with Crippen molar-refractivity contribution in [3.05, 3.63) is 80.9 Å². The lowest BCUT2D eigenvalue weighted by molar-refractivity contribution is -0.130. The van der Waals surface area contributed by atoms with E-state index in [2.05, 4.69) is 4.98 Å². The van der Waals surface area contributed by atoms with Crippen LogP contribution in [0.5, 0.6) is 5.75 Å². The molecule has 2 aromatic heterocycles. The first-order valence-corrected chi connectivity index (χ1v) is 10.7. The summed E-state index contributed by atoms with van der Waals surface area (Å²) in [5, 5.41) is 11.5. The Kier molecular flexibility index (Phi) is 5.65. The Labute approximate surface area is 183 Å². The maximum absolute atomic E-state index is 13.5. The van der Waals surface area contributed by atoms with Gasteiger partial charge in [0.2, 0.25) is 5.78 Å². The van der Waals surface area contributed by atoms with Crippen LogP contribution in [0.4, 0.5) is 0 Å². The van der Waals surface area contributed by atoms with Crippen LogP contribution in [0.15, 0.2) is 58.4 Å². The van der Waals surface area contributed by atoms with E-state index in [1.54, 1.807) is 31.2 Å². The molecule has 0 aliphatic carbocycles. The number of carbonyl (C=O) groups excluding carboxylic acids is 2. The topological polar surface area (TPSA) is 92.9 Å². The van der Waals surface area contributed by atoms with Gasteiger partial charge in [-0.15, -0.1) is 11.3 Å². The molecule has 0 fully saturated rings. The van der Waals surface area contributed by atoms with Crippen molar-refractivity contribution in [3.8, 4) is 5.75 Å². The fourth-order valence-corrected chi connectivity index (χ4v) is 4.65. The smallest absolute Gasteiger partial charge is 0.290 e. The summed E-state index contributed by atoms with van der Waals surface area (Å²) in [6, 6.07) is 9.89. The molecule has 8 heteroatoms. The average molecular weight is 439 g/mol. The molecule has 1 aromatic carbocycles. The van der Waals surface area contributed by atoms with Crippen LogP contribution in [-0.4, -0.2) is 33.3 Å². The van der Waals surface area contributed by atoms with E-state index >= 15 is 0 Å². The van der Waals surface area contributed by atoms with Crippen LogP contribution in [0, 0.1) is 13.8 Å². The number of Topliss-reactive ketones (excluding diaryl/α,β-unsaturated/α-hetero) is 1. The maximum Gasteiger partial charge on any atom is 0.290 e. The van der Waals surface area contributed by atoms with Crippen molar-refractivity contribution in [3.63, 3.8) is 0 Å². The number of aliphatic hydroxyl groups is 1. The number of thiazole rings is 1. The number of aromatic nitrogens is 1. The molecule has 3 heterocycles. The van der Waals surface area contributed by atoms with Gasteiger partial charge in [-0.1, -0.05) is 12.1 Å². The van der Waals surface area contributed by atoms with Crippen molar-refractivity contribution < 1.29 is 23.8 Å². The number of ether oxygens (including phenoxy) is 1. The first-order chi connectivity index (χ1) is 14.9. The lowest BCUT2D eigenvalue weighted by Gasteiger charge is -2.26. The fourth-order valence-electron chi connectivity index (χ4n) is 3.77. The summed E-state index contributed by atoms with van der Waals surface area (Å²) >= 11 is 1.25. The Morgan fingerprint density at radius 1 is 1.29 bits per heavy atom. The van der Waals surface area contributed by atoms with E-state index in [0.717, 1.165) is 5.01 Å². The summed E-state index contributed by atoms with van der Waals surface area (Å²) in [4.78, 5) is 32.7. The Bertz CT molecular complexity index is 1160. The van der Waals surface area contributed by atoms with Gasteiger partial charge in [0.1, 0.15) is 11.5 Å². The second-order valence-corrected chi connectivity index (χ2v) is 8.36. The third-order valence-electron chi connectivity index (χ3n) is 5.05. The largest absolute Gasteiger partial charge is 0.503 e. The van der Waals surface area contributed by atoms with Crippen molar-refractivity contribution in [2.45, 2.75) is 33.4 Å². The number of hydrogen-bond acceptors (Lipinski definition) is 7. The predicted octanol–water partition coefficient (Wildman–Crippen LogP) is 4.53. The zero-order valence-corrected chi connectivity index (χ0v) is 18.2. The molecule has 4 rings (SSSR count). The Morgan fingerprint density at radius 2 is 2.10 bits per heavy atom. The summed E-state index contributed by atoms with van der Waals surface area (Å²) in [6.45, 7) is 6.03. The van der Waals surface area contributed by atoms with E-state index in [1.165, 1.54) is 22.5 Å². The van der Waals surface area contributed by atoms with Gasteiger partial charge in [-0.3, -0.25) is 9.59 Å². The molecule has 7 nitrogen and oxygen atoms in total. The molecule has 1 amide bonds.